The predicted octanol–water partition coefficient (Wildman–Crippen LogP) is 1.73. The number of rotatable bonds is 3. The molecule has 3 rings (SSSR count). The maximum Gasteiger partial charge on any atom is 0.237 e. The van der Waals surface area contributed by atoms with Crippen LogP contribution < -0.4 is 10.6 Å². The van der Waals surface area contributed by atoms with Crippen molar-refractivity contribution in [2.75, 3.05) is 46.3 Å². The molecule has 2 aliphatic rings. The minimum Gasteiger partial charge on any atom is -0.353 e. The van der Waals surface area contributed by atoms with Crippen molar-refractivity contribution >= 4 is 29.2 Å². The highest BCUT2D eigenvalue weighted by molar-refractivity contribution is 7.98. The van der Waals surface area contributed by atoms with Gasteiger partial charge < -0.3 is 10.6 Å². The first-order valence-electron chi connectivity index (χ1n) is 8.23. The van der Waals surface area contributed by atoms with E-state index in [-0.39, 0.29) is 11.9 Å². The highest BCUT2D eigenvalue weighted by Gasteiger charge is 2.29. The third kappa shape index (κ3) is 6.08. The van der Waals surface area contributed by atoms with Gasteiger partial charge >= 0.3 is 0 Å². The van der Waals surface area contributed by atoms with E-state index in [1.54, 1.807) is 0 Å². The maximum absolute atomic E-state index is 11.3. The van der Waals surface area contributed by atoms with Gasteiger partial charge in [0.2, 0.25) is 5.91 Å². The number of piperazine rings is 2. The van der Waals surface area contributed by atoms with Gasteiger partial charge in [0.25, 0.3) is 0 Å². The first kappa shape index (κ1) is 18.7. The van der Waals surface area contributed by atoms with Crippen LogP contribution in [0.25, 0.3) is 0 Å². The van der Waals surface area contributed by atoms with Crippen molar-refractivity contribution in [2.24, 2.45) is 5.92 Å². The molecule has 2 saturated heterocycles. The lowest BCUT2D eigenvalue weighted by Gasteiger charge is -2.34. The molecule has 0 aromatic carbocycles. The van der Waals surface area contributed by atoms with E-state index in [0.717, 1.165) is 39.3 Å². The van der Waals surface area contributed by atoms with Crippen molar-refractivity contribution in [3.8, 4) is 0 Å². The number of hydrogen-bond acceptors (Lipinski definition) is 6. The molecule has 2 aliphatic heterocycles. The molecule has 2 fully saturated rings. The highest BCUT2D eigenvalue weighted by atomic mass is 32.2. The molecular weight excluding hydrogens is 328 g/mol. The summed E-state index contributed by atoms with van der Waals surface area (Å²) in [5, 5.41) is 8.34. The Balaban J connectivity index is 0.000000168. The van der Waals surface area contributed by atoms with Crippen molar-refractivity contribution in [1.29, 1.82) is 0 Å². The molecular formula is C16H28N4OS2. The van der Waals surface area contributed by atoms with Crippen LogP contribution in [-0.4, -0.2) is 67.5 Å². The van der Waals surface area contributed by atoms with Gasteiger partial charge in [0.05, 0.1) is 10.3 Å². The molecule has 7 heteroatoms. The molecule has 0 saturated carbocycles. The number of thiophene rings is 1. The van der Waals surface area contributed by atoms with Crippen LogP contribution in [0.15, 0.2) is 21.7 Å². The van der Waals surface area contributed by atoms with Gasteiger partial charge in [0, 0.05) is 39.3 Å². The van der Waals surface area contributed by atoms with Gasteiger partial charge in [-0.25, -0.2) is 4.31 Å². The van der Waals surface area contributed by atoms with E-state index in [9.17, 15) is 4.79 Å². The largest absolute Gasteiger partial charge is 0.353 e. The molecule has 0 aliphatic carbocycles. The smallest absolute Gasteiger partial charge is 0.237 e. The zero-order valence-corrected chi connectivity index (χ0v) is 15.9. The van der Waals surface area contributed by atoms with Crippen LogP contribution in [0.4, 0.5) is 0 Å². The summed E-state index contributed by atoms with van der Waals surface area (Å²) < 4.78 is 3.82. The molecule has 1 aromatic heterocycles. The lowest BCUT2D eigenvalue weighted by Crippen LogP contribution is -2.55. The van der Waals surface area contributed by atoms with Gasteiger partial charge in [0.1, 0.15) is 0 Å². The lowest BCUT2D eigenvalue weighted by atomic mass is 10.0. The highest BCUT2D eigenvalue weighted by Crippen LogP contribution is 2.26. The van der Waals surface area contributed by atoms with Gasteiger partial charge in [-0.15, -0.1) is 11.3 Å². The third-order valence-electron chi connectivity index (χ3n) is 3.93. The molecule has 0 bridgehead atoms. The number of nitrogens with one attached hydrogen (secondary N) is 2. The summed E-state index contributed by atoms with van der Waals surface area (Å²) in [6.45, 7) is 10.5. The summed E-state index contributed by atoms with van der Waals surface area (Å²) in [7, 11) is 2.00. The first-order valence-corrected chi connectivity index (χ1v) is 9.88. The first-order chi connectivity index (χ1) is 11.1. The van der Waals surface area contributed by atoms with Crippen LogP contribution in [-0.2, 0) is 4.79 Å². The number of likely N-dealkylation sites (N-methyl/N-ethyl adjacent to an activating group) is 1. The zero-order valence-electron chi connectivity index (χ0n) is 14.2. The van der Waals surface area contributed by atoms with Crippen LogP contribution in [0.2, 0.25) is 0 Å². The second-order valence-corrected chi connectivity index (χ2v) is 8.51. The Morgan fingerprint density at radius 3 is 2.52 bits per heavy atom. The molecule has 23 heavy (non-hydrogen) atoms. The molecule has 0 spiro atoms. The maximum atomic E-state index is 11.3. The fourth-order valence-corrected chi connectivity index (χ4v) is 4.65. The molecule has 5 nitrogen and oxygen atoms in total. The van der Waals surface area contributed by atoms with Crippen molar-refractivity contribution in [3.63, 3.8) is 0 Å². The van der Waals surface area contributed by atoms with Gasteiger partial charge in [-0.2, -0.15) is 0 Å². The van der Waals surface area contributed by atoms with Gasteiger partial charge in [0.15, 0.2) is 0 Å². The zero-order chi connectivity index (χ0) is 16.7. The van der Waals surface area contributed by atoms with Gasteiger partial charge in [-0.1, -0.05) is 19.9 Å². The molecule has 2 N–H and O–H groups in total. The Labute approximate surface area is 147 Å². The topological polar surface area (TPSA) is 47.6 Å². The van der Waals surface area contributed by atoms with E-state index in [1.165, 1.54) is 4.21 Å². The van der Waals surface area contributed by atoms with Crippen LogP contribution in [0.3, 0.4) is 0 Å². The van der Waals surface area contributed by atoms with Crippen LogP contribution in [0, 0.1) is 5.92 Å². The van der Waals surface area contributed by atoms with E-state index < -0.39 is 0 Å². The Kier molecular flexibility index (Phi) is 7.85. The Hall–Kier alpha value is -0.600. The number of carbonyl (C=O) groups is 1. The van der Waals surface area contributed by atoms with E-state index >= 15 is 0 Å². The SMILES string of the molecule is CC(C)C1C(=O)NCCN1C.c1csc(SN2CCNCC2)c1. The van der Waals surface area contributed by atoms with Crippen molar-refractivity contribution in [3.05, 3.63) is 17.5 Å². The number of amides is 1. The minimum absolute atomic E-state index is 0.0729. The van der Waals surface area contributed by atoms with Crippen LogP contribution >= 0.6 is 23.3 Å². The summed E-state index contributed by atoms with van der Waals surface area (Å²) in [6, 6.07) is 4.36. The Bertz CT molecular complexity index is 461. The molecule has 1 atom stereocenters. The monoisotopic (exact) mass is 356 g/mol. The van der Waals surface area contributed by atoms with E-state index in [1.807, 2.05) is 30.3 Å². The van der Waals surface area contributed by atoms with Crippen molar-refractivity contribution in [2.45, 2.75) is 24.1 Å². The molecule has 1 amide bonds. The van der Waals surface area contributed by atoms with E-state index in [4.69, 9.17) is 0 Å². The van der Waals surface area contributed by atoms with E-state index in [2.05, 4.69) is 51.2 Å². The summed E-state index contributed by atoms with van der Waals surface area (Å²) in [6.07, 6.45) is 0. The lowest BCUT2D eigenvalue weighted by molar-refractivity contribution is -0.129. The molecule has 3 heterocycles. The van der Waals surface area contributed by atoms with Gasteiger partial charge in [-0.3, -0.25) is 9.69 Å². The fourth-order valence-electron chi connectivity index (χ4n) is 2.79. The van der Waals surface area contributed by atoms with Crippen molar-refractivity contribution < 1.29 is 4.79 Å². The number of carbonyl (C=O) groups excluding carboxylic acids is 1. The molecule has 0 radical (unpaired) electrons. The average molecular weight is 357 g/mol. The quantitative estimate of drug-likeness (QED) is 0.808. The Morgan fingerprint density at radius 2 is 2.00 bits per heavy atom. The standard InChI is InChI=1S/C8H16N2O.C8H12N2S2/c1-6(2)7-8(11)9-4-5-10(7)3;1-2-8(11-7-1)12-10-5-3-9-4-6-10/h6-7H,4-5H2,1-3H3,(H,9,11);1-2,7,9H,3-6H2. The second-order valence-electron chi connectivity index (χ2n) is 6.16. The summed E-state index contributed by atoms with van der Waals surface area (Å²) >= 11 is 3.70. The van der Waals surface area contributed by atoms with Gasteiger partial charge in [-0.05, 0) is 36.4 Å². The number of hydrogen-bond donors (Lipinski definition) is 2. The Morgan fingerprint density at radius 1 is 1.26 bits per heavy atom. The summed E-state index contributed by atoms with van der Waals surface area (Å²) in [5.41, 5.74) is 0. The fraction of sp³-hybridized carbons (Fsp3) is 0.688. The summed E-state index contributed by atoms with van der Waals surface area (Å²) in [4.78, 5) is 13.4. The third-order valence-corrected chi connectivity index (χ3v) is 6.04. The van der Waals surface area contributed by atoms with E-state index in [0.29, 0.717) is 5.92 Å². The normalized spacial score (nSPS) is 23.3. The van der Waals surface area contributed by atoms with Crippen LogP contribution in [0.5, 0.6) is 0 Å². The minimum atomic E-state index is 0.0729. The van der Waals surface area contributed by atoms with Crippen molar-refractivity contribution in [1.82, 2.24) is 19.8 Å². The number of nitrogens with zero attached hydrogens (tertiary/aromatic N) is 2. The predicted molar refractivity (Wildman–Crippen MR) is 98.9 cm³/mol. The molecule has 130 valence electrons. The molecule has 1 unspecified atom stereocenters. The average Bonchev–Trinajstić information content (AvgIpc) is 3.01. The van der Waals surface area contributed by atoms with Crippen LogP contribution in [0.1, 0.15) is 13.8 Å². The second kappa shape index (κ2) is 9.64. The summed E-state index contributed by atoms with van der Waals surface area (Å²) in [5.74, 6) is 0.578. The molecule has 1 aromatic rings.